The van der Waals surface area contributed by atoms with Crippen LogP contribution in [0.2, 0.25) is 0 Å². The number of aliphatic hydroxyl groups is 1. The summed E-state index contributed by atoms with van der Waals surface area (Å²) in [5, 5.41) is 8.55. The fraction of sp³-hybridized carbons (Fsp3) is 1.00. The van der Waals surface area contributed by atoms with Crippen molar-refractivity contribution in [3.8, 4) is 0 Å². The van der Waals surface area contributed by atoms with Gasteiger partial charge in [-0.05, 0) is 6.42 Å². The zero-order chi connectivity index (χ0) is 11.5. The van der Waals surface area contributed by atoms with E-state index in [1.165, 1.54) is 0 Å². The lowest BCUT2D eigenvalue weighted by atomic mass is 9.91. The molecule has 0 saturated carbocycles. The molecular formula is C11H20O5. The molecule has 3 aliphatic rings. The molecule has 0 unspecified atom stereocenters. The molecule has 3 fully saturated rings. The minimum Gasteiger partial charge on any atom is -0.394 e. The summed E-state index contributed by atoms with van der Waals surface area (Å²) in [6, 6.07) is 0. The van der Waals surface area contributed by atoms with Gasteiger partial charge in [0.2, 0.25) is 0 Å². The van der Waals surface area contributed by atoms with E-state index in [0.717, 1.165) is 6.42 Å². The second-order valence-corrected chi connectivity index (χ2v) is 4.80. The van der Waals surface area contributed by atoms with Gasteiger partial charge in [0.1, 0.15) is 0 Å². The summed E-state index contributed by atoms with van der Waals surface area (Å²) in [4.78, 5) is 0. The summed E-state index contributed by atoms with van der Waals surface area (Å²) in [6.45, 7) is 5.23. The van der Waals surface area contributed by atoms with Gasteiger partial charge in [0.05, 0.1) is 33.0 Å². The summed E-state index contributed by atoms with van der Waals surface area (Å²) in [5.74, 6) is -0.833. The summed E-state index contributed by atoms with van der Waals surface area (Å²) in [6.07, 6.45) is 1.48. The molecule has 5 nitrogen and oxygen atoms in total. The lowest BCUT2D eigenvalue weighted by Gasteiger charge is -2.50. The highest BCUT2D eigenvalue weighted by atomic mass is 16.9. The second kappa shape index (κ2) is 4.98. The Bertz CT molecular complexity index is 206. The molecule has 2 bridgehead atoms. The topological polar surface area (TPSA) is 57.2 Å². The van der Waals surface area contributed by atoms with Crippen LogP contribution in [-0.4, -0.2) is 50.7 Å². The van der Waals surface area contributed by atoms with Crippen LogP contribution >= 0.6 is 0 Å². The molecule has 3 saturated heterocycles. The minimum absolute atomic E-state index is 0.0230. The molecular weight excluding hydrogens is 212 g/mol. The molecule has 0 aromatic carbocycles. The van der Waals surface area contributed by atoms with Crippen molar-refractivity contribution in [3.63, 3.8) is 0 Å². The van der Waals surface area contributed by atoms with E-state index in [1.54, 1.807) is 0 Å². The first-order chi connectivity index (χ1) is 7.68. The molecule has 0 aromatic heterocycles. The van der Waals surface area contributed by atoms with Crippen LogP contribution in [0.1, 0.15) is 19.8 Å². The third-order valence-corrected chi connectivity index (χ3v) is 2.93. The Morgan fingerprint density at radius 1 is 1.12 bits per heavy atom. The van der Waals surface area contributed by atoms with E-state index in [0.29, 0.717) is 39.5 Å². The van der Waals surface area contributed by atoms with Crippen molar-refractivity contribution >= 4 is 0 Å². The van der Waals surface area contributed by atoms with Crippen LogP contribution in [0.4, 0.5) is 0 Å². The average molecular weight is 232 g/mol. The third kappa shape index (κ3) is 2.73. The molecule has 0 aliphatic carbocycles. The zero-order valence-electron chi connectivity index (χ0n) is 9.74. The van der Waals surface area contributed by atoms with Crippen molar-refractivity contribution in [1.29, 1.82) is 0 Å². The summed E-state index contributed by atoms with van der Waals surface area (Å²) >= 11 is 0. The molecule has 3 heterocycles. The van der Waals surface area contributed by atoms with Crippen molar-refractivity contribution in [2.24, 2.45) is 5.41 Å². The van der Waals surface area contributed by atoms with E-state index in [9.17, 15) is 0 Å². The third-order valence-electron chi connectivity index (χ3n) is 2.93. The number of ether oxygens (including phenoxy) is 4. The highest BCUT2D eigenvalue weighted by molar-refractivity contribution is 4.84. The summed E-state index contributed by atoms with van der Waals surface area (Å²) in [7, 11) is 0. The Hall–Kier alpha value is -0.200. The van der Waals surface area contributed by atoms with Gasteiger partial charge in [-0.25, -0.2) is 0 Å². The first kappa shape index (κ1) is 12.3. The Labute approximate surface area is 95.6 Å². The molecule has 5 heteroatoms. The highest BCUT2D eigenvalue weighted by Gasteiger charge is 2.49. The largest absolute Gasteiger partial charge is 0.394 e. The van der Waals surface area contributed by atoms with Crippen molar-refractivity contribution in [3.05, 3.63) is 0 Å². The summed E-state index contributed by atoms with van der Waals surface area (Å²) < 4.78 is 22.1. The zero-order valence-corrected chi connectivity index (χ0v) is 9.74. The predicted molar refractivity (Wildman–Crippen MR) is 55.8 cm³/mol. The normalized spacial score (nSPS) is 37.9. The lowest BCUT2D eigenvalue weighted by Crippen LogP contribution is -2.58. The van der Waals surface area contributed by atoms with Gasteiger partial charge < -0.3 is 24.1 Å². The van der Waals surface area contributed by atoms with Gasteiger partial charge in [0.15, 0.2) is 0 Å². The number of aliphatic hydroxyl groups excluding tert-OH is 1. The standard InChI is InChI=1S/C11H20O5/c1-10-7-14-11(15-8-10,16-9-10)3-2-5-13-6-4-12/h12H,2-9H2,1H3. The molecule has 1 N–H and O–H groups in total. The van der Waals surface area contributed by atoms with Gasteiger partial charge in [-0.2, -0.15) is 0 Å². The molecule has 0 aromatic rings. The maximum atomic E-state index is 8.55. The van der Waals surface area contributed by atoms with Gasteiger partial charge in [-0.1, -0.05) is 6.92 Å². The quantitative estimate of drug-likeness (QED) is 0.676. The highest BCUT2D eigenvalue weighted by Crippen LogP contribution is 2.40. The van der Waals surface area contributed by atoms with Crippen molar-refractivity contribution < 1.29 is 24.1 Å². The fourth-order valence-electron chi connectivity index (χ4n) is 1.88. The van der Waals surface area contributed by atoms with Crippen LogP contribution in [0, 0.1) is 5.41 Å². The number of hydrogen-bond donors (Lipinski definition) is 1. The summed E-state index contributed by atoms with van der Waals surface area (Å²) in [5.41, 5.74) is 0.0230. The SMILES string of the molecule is CC12COC(CCCOCCO)(OC1)OC2. The van der Waals surface area contributed by atoms with E-state index in [4.69, 9.17) is 24.1 Å². The maximum absolute atomic E-state index is 8.55. The molecule has 0 radical (unpaired) electrons. The van der Waals surface area contributed by atoms with E-state index in [-0.39, 0.29) is 12.0 Å². The van der Waals surface area contributed by atoms with Gasteiger partial charge in [0, 0.05) is 18.4 Å². The van der Waals surface area contributed by atoms with E-state index in [2.05, 4.69) is 6.92 Å². The fourth-order valence-corrected chi connectivity index (χ4v) is 1.88. The molecule has 16 heavy (non-hydrogen) atoms. The van der Waals surface area contributed by atoms with Crippen molar-refractivity contribution in [1.82, 2.24) is 0 Å². The molecule has 0 spiro atoms. The van der Waals surface area contributed by atoms with Crippen LogP contribution in [-0.2, 0) is 18.9 Å². The van der Waals surface area contributed by atoms with Crippen LogP contribution in [0.3, 0.4) is 0 Å². The number of rotatable bonds is 6. The monoisotopic (exact) mass is 232 g/mol. The van der Waals surface area contributed by atoms with Gasteiger partial charge >= 0.3 is 0 Å². The second-order valence-electron chi connectivity index (χ2n) is 4.80. The minimum atomic E-state index is -0.833. The molecule has 0 amide bonds. The van der Waals surface area contributed by atoms with E-state index >= 15 is 0 Å². The van der Waals surface area contributed by atoms with E-state index < -0.39 is 5.97 Å². The lowest BCUT2D eigenvalue weighted by molar-refractivity contribution is -0.467. The van der Waals surface area contributed by atoms with E-state index in [1.807, 2.05) is 0 Å². The Morgan fingerprint density at radius 2 is 1.75 bits per heavy atom. The van der Waals surface area contributed by atoms with Crippen LogP contribution < -0.4 is 0 Å². The van der Waals surface area contributed by atoms with Crippen molar-refractivity contribution in [2.45, 2.75) is 25.7 Å². The predicted octanol–water partition coefficient (Wildman–Crippen LogP) is 0.513. The molecule has 3 rings (SSSR count). The first-order valence-electron chi connectivity index (χ1n) is 5.79. The molecule has 94 valence electrons. The number of hydrogen-bond acceptors (Lipinski definition) is 5. The Morgan fingerprint density at radius 3 is 2.31 bits per heavy atom. The maximum Gasteiger partial charge on any atom is 0.283 e. The van der Waals surface area contributed by atoms with Gasteiger partial charge in [-0.3, -0.25) is 0 Å². The first-order valence-corrected chi connectivity index (χ1v) is 5.79. The van der Waals surface area contributed by atoms with Gasteiger partial charge in [0.25, 0.3) is 5.97 Å². The van der Waals surface area contributed by atoms with Crippen LogP contribution in [0.5, 0.6) is 0 Å². The van der Waals surface area contributed by atoms with Crippen LogP contribution in [0.25, 0.3) is 0 Å². The van der Waals surface area contributed by atoms with Crippen LogP contribution in [0.15, 0.2) is 0 Å². The smallest absolute Gasteiger partial charge is 0.283 e. The molecule has 3 aliphatic heterocycles. The number of fused-ring (bicyclic) bond motifs is 3. The van der Waals surface area contributed by atoms with Gasteiger partial charge in [-0.15, -0.1) is 0 Å². The Balaban J connectivity index is 1.69. The van der Waals surface area contributed by atoms with Crippen molar-refractivity contribution in [2.75, 3.05) is 39.6 Å². The Kier molecular flexibility index (Phi) is 3.81. The average Bonchev–Trinajstić information content (AvgIpc) is 2.31. The molecule has 0 atom stereocenters.